The van der Waals surface area contributed by atoms with Crippen molar-refractivity contribution in [2.75, 3.05) is 13.7 Å². The molecule has 0 aromatic heterocycles. The average Bonchev–Trinajstić information content (AvgIpc) is 2.79. The van der Waals surface area contributed by atoms with Gasteiger partial charge in [0.25, 0.3) is 5.91 Å². The molecule has 2 atom stereocenters. The van der Waals surface area contributed by atoms with Crippen molar-refractivity contribution in [1.82, 2.24) is 4.90 Å². The van der Waals surface area contributed by atoms with Crippen molar-refractivity contribution >= 4 is 11.9 Å². The minimum atomic E-state index is -0.910. The van der Waals surface area contributed by atoms with Crippen molar-refractivity contribution in [2.24, 2.45) is 0 Å². The summed E-state index contributed by atoms with van der Waals surface area (Å²) < 4.78 is 17.5. The summed E-state index contributed by atoms with van der Waals surface area (Å²) >= 11 is 0. The molecule has 1 saturated heterocycles. The number of aliphatic hydroxyl groups excluding tert-OH is 1. The Morgan fingerprint density at radius 1 is 1.45 bits per heavy atom. The predicted octanol–water partition coefficient (Wildman–Crippen LogP) is 0.280. The number of esters is 1. The zero-order chi connectivity index (χ0) is 14.9. The van der Waals surface area contributed by atoms with Crippen LogP contribution < -0.4 is 0 Å². The van der Waals surface area contributed by atoms with Gasteiger partial charge in [0.05, 0.1) is 18.8 Å². The summed E-state index contributed by atoms with van der Waals surface area (Å²) in [5.41, 5.74) is -0.130. The van der Waals surface area contributed by atoms with E-state index in [1.54, 1.807) is 0 Å². The Morgan fingerprint density at radius 3 is 2.75 bits per heavy atom. The normalized spacial score (nSPS) is 21.9. The number of benzene rings is 1. The molecule has 0 aliphatic carbocycles. The van der Waals surface area contributed by atoms with E-state index in [-0.39, 0.29) is 18.5 Å². The van der Waals surface area contributed by atoms with Crippen molar-refractivity contribution in [3.8, 4) is 5.75 Å². The van der Waals surface area contributed by atoms with Crippen LogP contribution in [0, 0.1) is 5.82 Å². The number of carbonyl (C=O) groups is 2. The van der Waals surface area contributed by atoms with Gasteiger partial charge >= 0.3 is 5.97 Å². The molecule has 1 fully saturated rings. The molecule has 0 spiro atoms. The number of hydrogen-bond acceptors (Lipinski definition) is 5. The lowest BCUT2D eigenvalue weighted by Crippen LogP contribution is -2.41. The minimum absolute atomic E-state index is 0.0462. The third-order valence-corrected chi connectivity index (χ3v) is 3.20. The molecular formula is C13H14FNO5. The van der Waals surface area contributed by atoms with Crippen LogP contribution in [0.2, 0.25) is 0 Å². The Bertz CT molecular complexity index is 548. The van der Waals surface area contributed by atoms with Crippen LogP contribution in [0.25, 0.3) is 0 Å². The molecule has 1 aliphatic heterocycles. The fourth-order valence-electron chi connectivity index (χ4n) is 2.24. The zero-order valence-electron chi connectivity index (χ0n) is 10.7. The third kappa shape index (κ3) is 2.57. The van der Waals surface area contributed by atoms with Crippen molar-refractivity contribution in [1.29, 1.82) is 0 Å². The van der Waals surface area contributed by atoms with Crippen LogP contribution in [0.4, 0.5) is 4.39 Å². The molecule has 0 saturated carbocycles. The first-order chi connectivity index (χ1) is 9.43. The van der Waals surface area contributed by atoms with Gasteiger partial charge in [-0.05, 0) is 12.1 Å². The number of amides is 1. The zero-order valence-corrected chi connectivity index (χ0v) is 10.7. The molecule has 2 N–H and O–H groups in total. The number of likely N-dealkylation sites (tertiary alicyclic amines) is 1. The summed E-state index contributed by atoms with van der Waals surface area (Å²) in [4.78, 5) is 25.0. The first-order valence-electron chi connectivity index (χ1n) is 5.99. The van der Waals surface area contributed by atoms with E-state index >= 15 is 0 Å². The molecule has 108 valence electrons. The second kappa shape index (κ2) is 5.46. The minimum Gasteiger partial charge on any atom is -0.507 e. The Morgan fingerprint density at radius 2 is 2.15 bits per heavy atom. The van der Waals surface area contributed by atoms with Crippen molar-refractivity contribution in [3.63, 3.8) is 0 Å². The molecule has 1 aromatic carbocycles. The molecule has 2 unspecified atom stereocenters. The van der Waals surface area contributed by atoms with E-state index in [0.717, 1.165) is 23.1 Å². The highest BCUT2D eigenvalue weighted by Gasteiger charge is 2.40. The highest BCUT2D eigenvalue weighted by Crippen LogP contribution is 2.26. The van der Waals surface area contributed by atoms with Gasteiger partial charge in [-0.3, -0.25) is 4.79 Å². The molecule has 1 amide bonds. The van der Waals surface area contributed by atoms with Gasteiger partial charge in [-0.1, -0.05) is 0 Å². The van der Waals surface area contributed by atoms with E-state index in [9.17, 15) is 24.2 Å². The van der Waals surface area contributed by atoms with Gasteiger partial charge in [-0.2, -0.15) is 0 Å². The number of halogens is 1. The largest absolute Gasteiger partial charge is 0.507 e. The van der Waals surface area contributed by atoms with Crippen LogP contribution in [0.5, 0.6) is 5.75 Å². The molecule has 2 rings (SSSR count). The number of ether oxygens (including phenoxy) is 1. The first-order valence-corrected chi connectivity index (χ1v) is 5.99. The second-order valence-corrected chi connectivity index (χ2v) is 4.55. The van der Waals surface area contributed by atoms with Gasteiger partial charge in [-0.15, -0.1) is 0 Å². The number of β-amino-alcohol motifs (C(OH)–C–C–N with tert-alkyl or cyclic N) is 1. The molecule has 0 radical (unpaired) electrons. The van der Waals surface area contributed by atoms with Gasteiger partial charge in [0.15, 0.2) is 0 Å². The van der Waals surface area contributed by atoms with Crippen LogP contribution in [0.1, 0.15) is 16.8 Å². The number of nitrogens with zero attached hydrogens (tertiary/aromatic N) is 1. The molecule has 6 nitrogen and oxygen atoms in total. The van der Waals surface area contributed by atoms with Gasteiger partial charge in [-0.25, -0.2) is 9.18 Å². The molecule has 1 aromatic rings. The van der Waals surface area contributed by atoms with E-state index in [1.807, 2.05) is 0 Å². The van der Waals surface area contributed by atoms with E-state index in [4.69, 9.17) is 0 Å². The quantitative estimate of drug-likeness (QED) is 0.761. The average molecular weight is 283 g/mol. The van der Waals surface area contributed by atoms with E-state index < -0.39 is 35.6 Å². The number of aliphatic hydroxyl groups is 1. The summed E-state index contributed by atoms with van der Waals surface area (Å²) in [7, 11) is 1.19. The lowest BCUT2D eigenvalue weighted by atomic mass is 10.1. The highest BCUT2D eigenvalue weighted by atomic mass is 19.1. The topological polar surface area (TPSA) is 87.1 Å². The maximum Gasteiger partial charge on any atom is 0.328 e. The Hall–Kier alpha value is -2.15. The number of phenolic OH excluding ortho intramolecular Hbond substituents is 1. The predicted molar refractivity (Wildman–Crippen MR) is 65.5 cm³/mol. The standard InChI is InChI=1S/C13H14FNO5/c1-20-13(19)10-5-8(16)6-15(10)12(18)9-3-2-7(14)4-11(9)17/h2-4,8,10,16-17H,5-6H2,1H3. The molecule has 1 aliphatic rings. The maximum absolute atomic E-state index is 12.9. The Labute approximate surface area is 114 Å². The van der Waals surface area contributed by atoms with Gasteiger partial charge in [0.2, 0.25) is 0 Å². The van der Waals surface area contributed by atoms with Gasteiger partial charge in [0.1, 0.15) is 17.6 Å². The van der Waals surface area contributed by atoms with Gasteiger partial charge < -0.3 is 19.8 Å². The fraction of sp³-hybridized carbons (Fsp3) is 0.385. The fourth-order valence-corrected chi connectivity index (χ4v) is 2.24. The number of methoxy groups -OCH3 is 1. The van der Waals surface area contributed by atoms with E-state index in [2.05, 4.69) is 4.74 Å². The number of carbonyl (C=O) groups excluding carboxylic acids is 2. The smallest absolute Gasteiger partial charge is 0.328 e. The lowest BCUT2D eigenvalue weighted by Gasteiger charge is -2.22. The first kappa shape index (κ1) is 14.3. The van der Waals surface area contributed by atoms with Crippen LogP contribution in [0.3, 0.4) is 0 Å². The number of rotatable bonds is 2. The van der Waals surface area contributed by atoms with E-state index in [1.165, 1.54) is 7.11 Å². The number of aromatic hydroxyl groups is 1. The molecule has 1 heterocycles. The van der Waals surface area contributed by atoms with Gasteiger partial charge in [0, 0.05) is 19.0 Å². The van der Waals surface area contributed by atoms with Crippen LogP contribution in [-0.4, -0.2) is 52.8 Å². The summed E-state index contributed by atoms with van der Waals surface area (Å²) in [6.07, 6.45) is -0.772. The van der Waals surface area contributed by atoms with Crippen LogP contribution >= 0.6 is 0 Å². The highest BCUT2D eigenvalue weighted by molar-refractivity contribution is 5.99. The summed E-state index contributed by atoms with van der Waals surface area (Å²) in [6.45, 7) is -0.0462. The number of hydrogen-bond donors (Lipinski definition) is 2. The summed E-state index contributed by atoms with van der Waals surface area (Å²) in [6, 6.07) is 2.07. The summed E-state index contributed by atoms with van der Waals surface area (Å²) in [5.74, 6) is -2.49. The number of phenols is 1. The summed E-state index contributed by atoms with van der Waals surface area (Å²) in [5, 5.41) is 19.2. The maximum atomic E-state index is 12.9. The second-order valence-electron chi connectivity index (χ2n) is 4.55. The Balaban J connectivity index is 2.29. The van der Waals surface area contributed by atoms with Crippen molar-refractivity contribution in [3.05, 3.63) is 29.6 Å². The molecule has 20 heavy (non-hydrogen) atoms. The monoisotopic (exact) mass is 283 g/mol. The van der Waals surface area contributed by atoms with Crippen molar-refractivity contribution < 1.29 is 28.9 Å². The third-order valence-electron chi connectivity index (χ3n) is 3.20. The Kier molecular flexibility index (Phi) is 3.89. The molecule has 0 bridgehead atoms. The molecule has 7 heteroatoms. The SMILES string of the molecule is COC(=O)C1CC(O)CN1C(=O)c1ccc(F)cc1O. The van der Waals surface area contributed by atoms with Crippen LogP contribution in [-0.2, 0) is 9.53 Å². The molecular weight excluding hydrogens is 269 g/mol. The lowest BCUT2D eigenvalue weighted by molar-refractivity contribution is -0.145. The van der Waals surface area contributed by atoms with E-state index in [0.29, 0.717) is 0 Å². The van der Waals surface area contributed by atoms with Crippen LogP contribution in [0.15, 0.2) is 18.2 Å². The van der Waals surface area contributed by atoms with Crippen molar-refractivity contribution in [2.45, 2.75) is 18.6 Å².